The molecular weight excluding hydrogens is 418 g/mol. The zero-order valence-electron chi connectivity index (χ0n) is 20.2. The third-order valence-electron chi connectivity index (χ3n) is 7.19. The summed E-state index contributed by atoms with van der Waals surface area (Å²) >= 11 is 0. The molecule has 0 unspecified atom stereocenters. The molecular formula is C26H37N3O4. The summed E-state index contributed by atoms with van der Waals surface area (Å²) in [5.41, 5.74) is 0.562. The number of nitrogens with one attached hydrogen (secondary N) is 1. The molecule has 7 heteroatoms. The van der Waals surface area contributed by atoms with Gasteiger partial charge in [-0.3, -0.25) is 9.59 Å². The van der Waals surface area contributed by atoms with Gasteiger partial charge in [0, 0.05) is 37.3 Å². The second-order valence-corrected chi connectivity index (χ2v) is 9.48. The number of hydrogen-bond donors (Lipinski definition) is 1. The Labute approximate surface area is 196 Å². The number of ether oxygens (including phenoxy) is 2. The van der Waals surface area contributed by atoms with Gasteiger partial charge in [-0.1, -0.05) is 25.7 Å². The van der Waals surface area contributed by atoms with Crippen molar-refractivity contribution in [1.82, 2.24) is 14.8 Å². The minimum absolute atomic E-state index is 0.0606. The molecule has 1 atom stereocenters. The topological polar surface area (TPSA) is 72.8 Å². The second-order valence-electron chi connectivity index (χ2n) is 9.48. The van der Waals surface area contributed by atoms with Crippen LogP contribution in [0.4, 0.5) is 0 Å². The third-order valence-corrected chi connectivity index (χ3v) is 7.19. The number of methoxy groups -OCH3 is 1. The van der Waals surface area contributed by atoms with Crippen LogP contribution in [0.15, 0.2) is 24.3 Å². The van der Waals surface area contributed by atoms with E-state index in [0.29, 0.717) is 38.4 Å². The van der Waals surface area contributed by atoms with Crippen LogP contribution in [0.1, 0.15) is 69.3 Å². The molecule has 1 fully saturated rings. The minimum Gasteiger partial charge on any atom is -0.497 e. The highest BCUT2D eigenvalue weighted by Crippen LogP contribution is 2.34. The first-order chi connectivity index (χ1) is 16.0. The zero-order valence-corrected chi connectivity index (χ0v) is 20.2. The van der Waals surface area contributed by atoms with Crippen LogP contribution in [0.2, 0.25) is 0 Å². The van der Waals surface area contributed by atoms with Gasteiger partial charge in [0.15, 0.2) is 0 Å². The number of rotatable bonds is 8. The molecule has 1 aliphatic carbocycles. The summed E-state index contributed by atoms with van der Waals surface area (Å²) < 4.78 is 12.9. The lowest BCUT2D eigenvalue weighted by molar-refractivity contribution is -0.133. The number of carbonyl (C=O) groups is 2. The van der Waals surface area contributed by atoms with Crippen molar-refractivity contribution in [2.24, 2.45) is 0 Å². The predicted molar refractivity (Wildman–Crippen MR) is 129 cm³/mol. The molecule has 1 saturated carbocycles. The van der Waals surface area contributed by atoms with Crippen molar-refractivity contribution < 1.29 is 19.1 Å². The number of amides is 2. The van der Waals surface area contributed by atoms with Gasteiger partial charge in [0.1, 0.15) is 17.0 Å². The number of benzene rings is 1. The first-order valence-corrected chi connectivity index (χ1v) is 12.4. The maximum absolute atomic E-state index is 13.8. The van der Waals surface area contributed by atoms with Gasteiger partial charge >= 0.3 is 0 Å². The fraction of sp³-hybridized carbons (Fsp3) is 0.615. The molecule has 2 aromatic rings. The highest BCUT2D eigenvalue weighted by atomic mass is 16.5. The van der Waals surface area contributed by atoms with Crippen molar-refractivity contribution in [2.75, 3.05) is 26.9 Å². The first kappa shape index (κ1) is 23.6. The van der Waals surface area contributed by atoms with E-state index in [4.69, 9.17) is 9.47 Å². The minimum atomic E-state index is -0.975. The monoisotopic (exact) mass is 455 g/mol. The molecule has 33 heavy (non-hydrogen) atoms. The molecule has 1 aromatic carbocycles. The number of fused-ring (bicyclic) bond motifs is 3. The maximum atomic E-state index is 13.8. The van der Waals surface area contributed by atoms with E-state index in [1.54, 1.807) is 12.0 Å². The largest absolute Gasteiger partial charge is 0.497 e. The summed E-state index contributed by atoms with van der Waals surface area (Å²) in [5.74, 6) is 0.570. The molecule has 2 heterocycles. The van der Waals surface area contributed by atoms with E-state index in [9.17, 15) is 9.59 Å². The van der Waals surface area contributed by atoms with E-state index in [1.807, 2.05) is 42.7 Å². The zero-order chi connectivity index (χ0) is 23.4. The van der Waals surface area contributed by atoms with Crippen LogP contribution in [0, 0.1) is 0 Å². The first-order valence-electron chi connectivity index (χ1n) is 12.4. The average Bonchev–Trinajstić information content (AvgIpc) is 2.98. The Balaban J connectivity index is 1.67. The Kier molecular flexibility index (Phi) is 7.27. The van der Waals surface area contributed by atoms with Gasteiger partial charge in [-0.15, -0.1) is 0 Å². The van der Waals surface area contributed by atoms with Crippen LogP contribution in [-0.4, -0.2) is 59.7 Å². The van der Waals surface area contributed by atoms with Gasteiger partial charge in [0.2, 0.25) is 5.91 Å². The fourth-order valence-electron chi connectivity index (χ4n) is 5.24. The van der Waals surface area contributed by atoms with Crippen molar-refractivity contribution in [1.29, 1.82) is 0 Å². The second kappa shape index (κ2) is 10.2. The predicted octanol–water partition coefficient (Wildman–Crippen LogP) is 4.13. The van der Waals surface area contributed by atoms with Crippen molar-refractivity contribution in [3.63, 3.8) is 0 Å². The molecule has 4 rings (SSSR count). The van der Waals surface area contributed by atoms with Crippen LogP contribution in [0.25, 0.3) is 10.9 Å². The average molecular weight is 456 g/mol. The van der Waals surface area contributed by atoms with Crippen molar-refractivity contribution >= 4 is 22.7 Å². The molecule has 2 aliphatic rings. The van der Waals surface area contributed by atoms with E-state index >= 15 is 0 Å². The molecule has 0 radical (unpaired) electrons. The lowest BCUT2D eigenvalue weighted by Crippen LogP contribution is -2.65. The smallest absolute Gasteiger partial charge is 0.271 e. The summed E-state index contributed by atoms with van der Waals surface area (Å²) in [6.45, 7) is 5.98. The third kappa shape index (κ3) is 4.74. The fourth-order valence-corrected chi connectivity index (χ4v) is 5.24. The quantitative estimate of drug-likeness (QED) is 0.480. The summed E-state index contributed by atoms with van der Waals surface area (Å²) in [6, 6.07) is 7.92. The highest BCUT2D eigenvalue weighted by Gasteiger charge is 2.47. The normalized spacial score (nSPS) is 21.7. The molecule has 2 amide bonds. The van der Waals surface area contributed by atoms with Crippen molar-refractivity contribution in [3.05, 3.63) is 30.0 Å². The Morgan fingerprint density at radius 3 is 2.64 bits per heavy atom. The van der Waals surface area contributed by atoms with Gasteiger partial charge < -0.3 is 24.3 Å². The summed E-state index contributed by atoms with van der Waals surface area (Å²) in [5, 5.41) is 4.29. The van der Waals surface area contributed by atoms with Crippen molar-refractivity contribution in [2.45, 2.75) is 76.9 Å². The molecule has 0 spiro atoms. The number of nitrogens with zero attached hydrogens (tertiary/aromatic N) is 2. The molecule has 1 N–H and O–H groups in total. The Bertz CT molecular complexity index is 993. The van der Waals surface area contributed by atoms with Crippen LogP contribution in [-0.2, 0) is 16.1 Å². The van der Waals surface area contributed by atoms with Gasteiger partial charge in [-0.05, 0) is 51.3 Å². The number of carbonyl (C=O) groups excluding carboxylic acids is 2. The van der Waals surface area contributed by atoms with E-state index in [-0.39, 0.29) is 17.9 Å². The summed E-state index contributed by atoms with van der Waals surface area (Å²) in [4.78, 5) is 29.3. The van der Waals surface area contributed by atoms with E-state index < -0.39 is 5.54 Å². The molecule has 7 nitrogen and oxygen atoms in total. The lowest BCUT2D eigenvalue weighted by atomic mass is 9.93. The van der Waals surface area contributed by atoms with Crippen molar-refractivity contribution in [3.8, 4) is 5.75 Å². The Morgan fingerprint density at radius 2 is 1.94 bits per heavy atom. The van der Waals surface area contributed by atoms with Crippen LogP contribution >= 0.6 is 0 Å². The van der Waals surface area contributed by atoms with Crippen LogP contribution < -0.4 is 10.1 Å². The van der Waals surface area contributed by atoms with E-state index in [2.05, 4.69) is 5.32 Å². The summed E-state index contributed by atoms with van der Waals surface area (Å²) in [7, 11) is 1.64. The van der Waals surface area contributed by atoms with Gasteiger partial charge in [0.25, 0.3) is 5.91 Å². The molecule has 1 aliphatic heterocycles. The van der Waals surface area contributed by atoms with E-state index in [0.717, 1.165) is 42.3 Å². The molecule has 0 saturated heterocycles. The van der Waals surface area contributed by atoms with E-state index in [1.165, 1.54) is 12.8 Å². The summed E-state index contributed by atoms with van der Waals surface area (Å²) in [6.07, 6.45) is 7.46. The molecule has 0 bridgehead atoms. The van der Waals surface area contributed by atoms with Crippen LogP contribution in [0.5, 0.6) is 5.75 Å². The highest BCUT2D eigenvalue weighted by molar-refractivity contribution is 6.03. The molecule has 180 valence electrons. The standard InChI is InChI=1S/C26H37N3O4/c1-4-33-15-9-14-29-24(30)23-16-19-12-13-21(32-3)17-22(19)28(23)18-26(29,2)25(31)27-20-10-7-5-6-8-11-20/h12-13,16-17,20H,4-11,14-15,18H2,1-3H3,(H,27,31)/t26-/m0/s1. The Hall–Kier alpha value is -2.54. The Morgan fingerprint density at radius 1 is 1.18 bits per heavy atom. The lowest BCUT2D eigenvalue weighted by Gasteiger charge is -2.44. The van der Waals surface area contributed by atoms with Gasteiger partial charge in [0.05, 0.1) is 19.2 Å². The van der Waals surface area contributed by atoms with Gasteiger partial charge in [-0.2, -0.15) is 0 Å². The van der Waals surface area contributed by atoms with Gasteiger partial charge in [-0.25, -0.2) is 0 Å². The number of hydrogen-bond acceptors (Lipinski definition) is 4. The SMILES string of the molecule is CCOCCCN1C(=O)c2cc3ccc(OC)cc3n2C[C@@]1(C)C(=O)NC1CCCCCC1. The molecule has 1 aromatic heterocycles. The number of aromatic nitrogens is 1. The van der Waals surface area contributed by atoms with Crippen LogP contribution in [0.3, 0.4) is 0 Å². The maximum Gasteiger partial charge on any atom is 0.271 e.